The zero-order valence-electron chi connectivity index (χ0n) is 7.84. The van der Waals surface area contributed by atoms with Crippen LogP contribution in [-0.2, 0) is 16.0 Å². The second-order valence-electron chi connectivity index (χ2n) is 2.94. The number of nitrogens with zero attached hydrogens (tertiary/aromatic N) is 1. The first-order chi connectivity index (χ1) is 7.41. The monoisotopic (exact) mass is 227 g/mol. The van der Waals surface area contributed by atoms with Crippen molar-refractivity contribution in [1.29, 1.82) is 0 Å². The summed E-state index contributed by atoms with van der Waals surface area (Å²) in [6, 6.07) is 2.53. The van der Waals surface area contributed by atoms with Crippen LogP contribution in [0.4, 0.5) is 10.1 Å². The quantitative estimate of drug-likeness (QED) is 0.468. The molecule has 84 valence electrons. The lowest BCUT2D eigenvalue weighted by Crippen LogP contribution is -2.16. The Labute approximate surface area is 88.5 Å². The summed E-state index contributed by atoms with van der Waals surface area (Å²) in [6.07, 6.45) is -0.705. The fourth-order valence-electron chi connectivity index (χ4n) is 1.12. The number of hydrogen-bond acceptors (Lipinski definition) is 4. The maximum absolute atomic E-state index is 12.8. The number of nitro groups is 1. The van der Waals surface area contributed by atoms with Crippen LogP contribution >= 0.6 is 0 Å². The molecule has 0 atom stereocenters. The Morgan fingerprint density at radius 3 is 2.56 bits per heavy atom. The zero-order valence-corrected chi connectivity index (χ0v) is 7.84. The lowest BCUT2D eigenvalue weighted by molar-refractivity contribution is -0.385. The third kappa shape index (κ3) is 2.59. The molecule has 0 spiro atoms. The van der Waals surface area contributed by atoms with Crippen molar-refractivity contribution in [2.45, 2.75) is 6.42 Å². The predicted octanol–water partition coefficient (Wildman–Crippen LogP) is 0.930. The van der Waals surface area contributed by atoms with Crippen LogP contribution in [0.3, 0.4) is 0 Å². The smallest absolute Gasteiger partial charge is 0.372 e. The number of rotatable bonds is 4. The number of aliphatic carboxylic acids is 1. The molecule has 0 bridgehead atoms. The Bertz CT molecular complexity index is 471. The number of carboxylic acids is 1. The molecule has 0 aromatic heterocycles. The second kappa shape index (κ2) is 4.47. The van der Waals surface area contributed by atoms with E-state index in [1.165, 1.54) is 0 Å². The topological polar surface area (TPSA) is 97.5 Å². The summed E-state index contributed by atoms with van der Waals surface area (Å²) in [5, 5.41) is 18.8. The molecule has 0 heterocycles. The highest BCUT2D eigenvalue weighted by Gasteiger charge is 2.20. The van der Waals surface area contributed by atoms with E-state index in [0.29, 0.717) is 0 Å². The summed E-state index contributed by atoms with van der Waals surface area (Å²) in [5.74, 6) is -3.70. The van der Waals surface area contributed by atoms with Gasteiger partial charge in [0.15, 0.2) is 0 Å². The van der Waals surface area contributed by atoms with Gasteiger partial charge < -0.3 is 5.11 Å². The summed E-state index contributed by atoms with van der Waals surface area (Å²) in [7, 11) is 0. The number of carbonyl (C=O) groups is 2. The van der Waals surface area contributed by atoms with Crippen LogP contribution in [0.25, 0.3) is 0 Å². The molecule has 16 heavy (non-hydrogen) atoms. The van der Waals surface area contributed by atoms with Crippen LogP contribution in [0.5, 0.6) is 0 Å². The largest absolute Gasteiger partial charge is 0.475 e. The molecule has 0 radical (unpaired) electrons. The molecule has 0 aliphatic rings. The Morgan fingerprint density at radius 2 is 2.06 bits per heavy atom. The van der Waals surface area contributed by atoms with Gasteiger partial charge in [-0.3, -0.25) is 14.9 Å². The Kier molecular flexibility index (Phi) is 3.29. The molecule has 0 saturated carbocycles. The van der Waals surface area contributed by atoms with Crippen molar-refractivity contribution in [2.24, 2.45) is 0 Å². The van der Waals surface area contributed by atoms with Gasteiger partial charge in [0.2, 0.25) is 5.78 Å². The maximum Gasteiger partial charge on any atom is 0.372 e. The van der Waals surface area contributed by atoms with E-state index in [4.69, 9.17) is 5.11 Å². The Balaban J connectivity index is 3.10. The van der Waals surface area contributed by atoms with Gasteiger partial charge in [-0.1, -0.05) is 0 Å². The van der Waals surface area contributed by atoms with Gasteiger partial charge in [-0.25, -0.2) is 9.18 Å². The van der Waals surface area contributed by atoms with E-state index in [-0.39, 0.29) is 5.56 Å². The van der Waals surface area contributed by atoms with Crippen molar-refractivity contribution >= 4 is 17.4 Å². The lowest BCUT2D eigenvalue weighted by atomic mass is 10.1. The normalized spacial score (nSPS) is 9.81. The van der Waals surface area contributed by atoms with Crippen LogP contribution in [0.1, 0.15) is 5.56 Å². The molecule has 1 aromatic carbocycles. The molecule has 0 aliphatic heterocycles. The fraction of sp³-hybridized carbons (Fsp3) is 0.111. The van der Waals surface area contributed by atoms with Crippen molar-refractivity contribution < 1.29 is 24.0 Å². The number of nitro benzene ring substituents is 1. The number of carboxylic acid groups (broad SMARTS) is 1. The van der Waals surface area contributed by atoms with Crippen molar-refractivity contribution in [3.63, 3.8) is 0 Å². The third-order valence-corrected chi connectivity index (χ3v) is 1.83. The highest BCUT2D eigenvalue weighted by atomic mass is 19.1. The van der Waals surface area contributed by atoms with Gasteiger partial charge in [0.25, 0.3) is 5.69 Å². The van der Waals surface area contributed by atoms with E-state index in [1.807, 2.05) is 0 Å². The number of ketones is 1. The molecule has 0 amide bonds. The first-order valence-electron chi connectivity index (χ1n) is 4.10. The van der Waals surface area contributed by atoms with Crippen LogP contribution in [-0.4, -0.2) is 21.8 Å². The molecule has 0 aliphatic carbocycles. The van der Waals surface area contributed by atoms with Crippen molar-refractivity contribution in [3.8, 4) is 0 Å². The molecule has 0 saturated heterocycles. The molecule has 6 nitrogen and oxygen atoms in total. The van der Waals surface area contributed by atoms with E-state index < -0.39 is 34.6 Å². The fourth-order valence-corrected chi connectivity index (χ4v) is 1.12. The van der Waals surface area contributed by atoms with Gasteiger partial charge in [-0.05, 0) is 12.1 Å². The first-order valence-corrected chi connectivity index (χ1v) is 4.10. The molecule has 0 fully saturated rings. The number of halogens is 1. The van der Waals surface area contributed by atoms with E-state index >= 15 is 0 Å². The Morgan fingerprint density at radius 1 is 1.44 bits per heavy atom. The van der Waals surface area contributed by atoms with E-state index in [1.54, 1.807) is 0 Å². The third-order valence-electron chi connectivity index (χ3n) is 1.83. The number of carbonyl (C=O) groups excluding carboxylic acids is 1. The molecule has 1 rings (SSSR count). The van der Waals surface area contributed by atoms with Crippen LogP contribution < -0.4 is 0 Å². The summed E-state index contributed by atoms with van der Waals surface area (Å²) in [5.41, 5.74) is -0.728. The van der Waals surface area contributed by atoms with Gasteiger partial charge in [-0.15, -0.1) is 0 Å². The van der Waals surface area contributed by atoms with Crippen LogP contribution in [0.2, 0.25) is 0 Å². The van der Waals surface area contributed by atoms with Crippen LogP contribution in [0.15, 0.2) is 18.2 Å². The Hall–Kier alpha value is -2.31. The minimum Gasteiger partial charge on any atom is -0.475 e. The lowest BCUT2D eigenvalue weighted by Gasteiger charge is -2.00. The van der Waals surface area contributed by atoms with Crippen molar-refractivity contribution in [2.75, 3.05) is 0 Å². The number of benzene rings is 1. The summed E-state index contributed by atoms with van der Waals surface area (Å²) < 4.78 is 12.8. The molecule has 0 unspecified atom stereocenters. The molecular formula is C9H6FNO5. The maximum atomic E-state index is 12.8. The van der Waals surface area contributed by atoms with Gasteiger partial charge >= 0.3 is 5.97 Å². The van der Waals surface area contributed by atoms with Gasteiger partial charge in [-0.2, -0.15) is 0 Å². The van der Waals surface area contributed by atoms with E-state index in [0.717, 1.165) is 18.2 Å². The minimum atomic E-state index is -1.71. The summed E-state index contributed by atoms with van der Waals surface area (Å²) in [4.78, 5) is 30.8. The summed E-state index contributed by atoms with van der Waals surface area (Å²) >= 11 is 0. The second-order valence-corrected chi connectivity index (χ2v) is 2.94. The molecule has 1 N–H and O–H groups in total. The van der Waals surface area contributed by atoms with Gasteiger partial charge in [0, 0.05) is 18.1 Å². The highest BCUT2D eigenvalue weighted by Crippen LogP contribution is 2.20. The van der Waals surface area contributed by atoms with Gasteiger partial charge in [0.1, 0.15) is 5.82 Å². The van der Waals surface area contributed by atoms with Crippen molar-refractivity contribution in [3.05, 3.63) is 39.7 Å². The number of hydrogen-bond donors (Lipinski definition) is 1. The van der Waals surface area contributed by atoms with E-state index in [9.17, 15) is 24.1 Å². The zero-order chi connectivity index (χ0) is 12.3. The SMILES string of the molecule is O=C(O)C(=O)Cc1cc(F)ccc1[N+](=O)[O-]. The van der Waals surface area contributed by atoms with Crippen molar-refractivity contribution in [1.82, 2.24) is 0 Å². The summed E-state index contributed by atoms with van der Waals surface area (Å²) in [6.45, 7) is 0. The first kappa shape index (κ1) is 11.8. The van der Waals surface area contributed by atoms with E-state index in [2.05, 4.69) is 0 Å². The molecular weight excluding hydrogens is 221 g/mol. The average Bonchev–Trinajstić information content (AvgIpc) is 2.16. The minimum absolute atomic E-state index is 0.252. The number of Topliss-reactive ketones (excluding diaryl/α,β-unsaturated/α-hetero) is 1. The highest BCUT2D eigenvalue weighted by molar-refractivity contribution is 6.33. The van der Waals surface area contributed by atoms with Crippen LogP contribution in [0, 0.1) is 15.9 Å². The van der Waals surface area contributed by atoms with Gasteiger partial charge in [0.05, 0.1) is 4.92 Å². The predicted molar refractivity (Wildman–Crippen MR) is 49.4 cm³/mol. The molecule has 7 heteroatoms. The standard InChI is InChI=1S/C9H6FNO5/c10-6-1-2-7(11(15)16)5(3-6)4-8(12)9(13)14/h1-3H,4H2,(H,13,14). The molecule has 1 aromatic rings. The average molecular weight is 227 g/mol.